The Bertz CT molecular complexity index is 569. The van der Waals surface area contributed by atoms with E-state index in [1.807, 2.05) is 12.1 Å². The third-order valence-corrected chi connectivity index (χ3v) is 4.24. The van der Waals surface area contributed by atoms with Crippen LogP contribution in [0.4, 0.5) is 0 Å². The van der Waals surface area contributed by atoms with Crippen LogP contribution in [0.5, 0.6) is 5.75 Å². The van der Waals surface area contributed by atoms with Gasteiger partial charge in [0.25, 0.3) is 5.91 Å². The monoisotopic (exact) mass is 289 g/mol. The number of carboxylic acids is 1. The van der Waals surface area contributed by atoms with Crippen LogP contribution < -0.4 is 4.74 Å². The SMILES string of the molecule is O=C(O)C1CCCCCN1C(=O)c1ccc2c(c1)CCO2. The first kappa shape index (κ1) is 13.9. The largest absolute Gasteiger partial charge is 0.493 e. The van der Waals surface area contributed by atoms with Gasteiger partial charge < -0.3 is 14.7 Å². The Morgan fingerprint density at radius 3 is 2.90 bits per heavy atom. The van der Waals surface area contributed by atoms with Gasteiger partial charge in [-0.2, -0.15) is 0 Å². The molecule has 3 rings (SSSR count). The highest BCUT2D eigenvalue weighted by molar-refractivity contribution is 5.97. The molecule has 0 aliphatic carbocycles. The Labute approximate surface area is 123 Å². The molecule has 2 aliphatic heterocycles. The summed E-state index contributed by atoms with van der Waals surface area (Å²) in [5.41, 5.74) is 1.59. The number of hydrogen-bond donors (Lipinski definition) is 1. The molecule has 1 fully saturated rings. The maximum Gasteiger partial charge on any atom is 0.326 e. The lowest BCUT2D eigenvalue weighted by Crippen LogP contribution is -2.44. The van der Waals surface area contributed by atoms with E-state index in [9.17, 15) is 14.7 Å². The van der Waals surface area contributed by atoms with Gasteiger partial charge in [0.2, 0.25) is 0 Å². The van der Waals surface area contributed by atoms with Crippen molar-refractivity contribution in [1.82, 2.24) is 4.90 Å². The van der Waals surface area contributed by atoms with Crippen molar-refractivity contribution in [2.24, 2.45) is 0 Å². The van der Waals surface area contributed by atoms with Crippen LogP contribution in [0.1, 0.15) is 41.6 Å². The number of hydrogen-bond acceptors (Lipinski definition) is 3. The smallest absolute Gasteiger partial charge is 0.326 e. The molecule has 1 amide bonds. The molecule has 5 nitrogen and oxygen atoms in total. The summed E-state index contributed by atoms with van der Waals surface area (Å²) in [5, 5.41) is 9.37. The van der Waals surface area contributed by atoms with Crippen LogP contribution in [0.15, 0.2) is 18.2 Å². The average Bonchev–Trinajstić information content (AvgIpc) is 2.80. The Balaban J connectivity index is 1.86. The lowest BCUT2D eigenvalue weighted by molar-refractivity contribution is -0.142. The number of fused-ring (bicyclic) bond motifs is 1. The lowest BCUT2D eigenvalue weighted by atomic mass is 10.1. The molecule has 2 aliphatic rings. The Hall–Kier alpha value is -2.04. The molecular formula is C16H19NO4. The summed E-state index contributed by atoms with van der Waals surface area (Å²) < 4.78 is 5.44. The van der Waals surface area contributed by atoms with E-state index in [2.05, 4.69) is 0 Å². The molecule has 1 aromatic carbocycles. The van der Waals surface area contributed by atoms with E-state index < -0.39 is 12.0 Å². The molecular weight excluding hydrogens is 270 g/mol. The lowest BCUT2D eigenvalue weighted by Gasteiger charge is -2.27. The highest BCUT2D eigenvalue weighted by atomic mass is 16.5. The van der Waals surface area contributed by atoms with Crippen LogP contribution in [0, 0.1) is 0 Å². The van der Waals surface area contributed by atoms with Gasteiger partial charge in [0, 0.05) is 18.5 Å². The summed E-state index contributed by atoms with van der Waals surface area (Å²) in [6.45, 7) is 1.16. The van der Waals surface area contributed by atoms with E-state index in [-0.39, 0.29) is 5.91 Å². The van der Waals surface area contributed by atoms with Crippen molar-refractivity contribution in [2.45, 2.75) is 38.1 Å². The number of carbonyl (C=O) groups is 2. The molecule has 2 heterocycles. The second-order valence-corrected chi connectivity index (χ2v) is 5.62. The number of nitrogens with zero attached hydrogens (tertiary/aromatic N) is 1. The van der Waals surface area contributed by atoms with Gasteiger partial charge in [-0.25, -0.2) is 4.79 Å². The number of carboxylic acid groups (broad SMARTS) is 1. The molecule has 112 valence electrons. The molecule has 0 saturated carbocycles. The molecule has 1 unspecified atom stereocenters. The summed E-state index contributed by atoms with van der Waals surface area (Å²) >= 11 is 0. The topological polar surface area (TPSA) is 66.8 Å². The van der Waals surface area contributed by atoms with Crippen LogP contribution in [0.25, 0.3) is 0 Å². The molecule has 1 aromatic rings. The summed E-state index contributed by atoms with van der Waals surface area (Å²) in [7, 11) is 0. The third-order valence-electron chi connectivity index (χ3n) is 4.24. The van der Waals surface area contributed by atoms with Crippen LogP contribution in [-0.2, 0) is 11.2 Å². The maximum absolute atomic E-state index is 12.7. The number of rotatable bonds is 2. The van der Waals surface area contributed by atoms with Crippen molar-refractivity contribution in [1.29, 1.82) is 0 Å². The molecule has 1 N–H and O–H groups in total. The normalized spacial score (nSPS) is 21.3. The average molecular weight is 289 g/mol. The molecule has 1 atom stereocenters. The number of aliphatic carboxylic acids is 1. The second-order valence-electron chi connectivity index (χ2n) is 5.62. The fraction of sp³-hybridized carbons (Fsp3) is 0.500. The molecule has 5 heteroatoms. The van der Waals surface area contributed by atoms with E-state index in [0.717, 1.165) is 37.0 Å². The fourth-order valence-corrected chi connectivity index (χ4v) is 3.09. The van der Waals surface area contributed by atoms with Gasteiger partial charge in [-0.3, -0.25) is 4.79 Å². The van der Waals surface area contributed by atoms with Gasteiger partial charge in [-0.15, -0.1) is 0 Å². The quantitative estimate of drug-likeness (QED) is 0.905. The minimum Gasteiger partial charge on any atom is -0.493 e. The first-order chi connectivity index (χ1) is 10.2. The molecule has 0 aromatic heterocycles. The van der Waals surface area contributed by atoms with E-state index in [0.29, 0.717) is 25.1 Å². The zero-order chi connectivity index (χ0) is 14.8. The van der Waals surface area contributed by atoms with Crippen LogP contribution in [-0.4, -0.2) is 41.1 Å². The molecule has 21 heavy (non-hydrogen) atoms. The van der Waals surface area contributed by atoms with Crippen LogP contribution in [0.2, 0.25) is 0 Å². The molecule has 1 saturated heterocycles. The van der Waals surface area contributed by atoms with Crippen molar-refractivity contribution < 1.29 is 19.4 Å². The van der Waals surface area contributed by atoms with E-state index in [4.69, 9.17) is 4.74 Å². The first-order valence-corrected chi connectivity index (χ1v) is 7.46. The molecule has 0 bridgehead atoms. The number of amides is 1. The van der Waals surface area contributed by atoms with E-state index in [1.54, 1.807) is 6.07 Å². The zero-order valence-corrected chi connectivity index (χ0v) is 11.9. The molecule has 0 radical (unpaired) electrons. The highest BCUT2D eigenvalue weighted by Gasteiger charge is 2.31. The predicted octanol–water partition coefficient (Wildman–Crippen LogP) is 2.09. The summed E-state index contributed by atoms with van der Waals surface area (Å²) in [5.74, 6) is -0.258. The third kappa shape index (κ3) is 2.73. The second kappa shape index (κ2) is 5.76. The number of carbonyl (C=O) groups excluding carboxylic acids is 1. The summed E-state index contributed by atoms with van der Waals surface area (Å²) in [4.78, 5) is 25.6. The van der Waals surface area contributed by atoms with Gasteiger partial charge in [0.05, 0.1) is 6.61 Å². The fourth-order valence-electron chi connectivity index (χ4n) is 3.09. The van der Waals surface area contributed by atoms with Crippen LogP contribution >= 0.6 is 0 Å². The van der Waals surface area contributed by atoms with Crippen molar-refractivity contribution in [2.75, 3.05) is 13.2 Å². The van der Waals surface area contributed by atoms with E-state index in [1.165, 1.54) is 4.90 Å². The highest BCUT2D eigenvalue weighted by Crippen LogP contribution is 2.27. The van der Waals surface area contributed by atoms with Crippen LogP contribution in [0.3, 0.4) is 0 Å². The first-order valence-electron chi connectivity index (χ1n) is 7.46. The van der Waals surface area contributed by atoms with Gasteiger partial charge >= 0.3 is 5.97 Å². The Morgan fingerprint density at radius 1 is 1.24 bits per heavy atom. The van der Waals surface area contributed by atoms with Crippen molar-refractivity contribution in [3.05, 3.63) is 29.3 Å². The summed E-state index contributed by atoms with van der Waals surface area (Å²) in [6.07, 6.45) is 4.04. The zero-order valence-electron chi connectivity index (χ0n) is 11.9. The molecule has 0 spiro atoms. The van der Waals surface area contributed by atoms with E-state index >= 15 is 0 Å². The van der Waals surface area contributed by atoms with Gasteiger partial charge in [-0.1, -0.05) is 12.8 Å². The number of likely N-dealkylation sites (tertiary alicyclic amines) is 1. The van der Waals surface area contributed by atoms with Gasteiger partial charge in [-0.05, 0) is 36.6 Å². The number of benzene rings is 1. The summed E-state index contributed by atoms with van der Waals surface area (Å²) in [6, 6.07) is 4.68. The standard InChI is InChI=1S/C16H19NO4/c18-15(12-5-6-14-11(10-12)7-9-21-14)17-8-3-1-2-4-13(17)16(19)20/h5-6,10,13H,1-4,7-9H2,(H,19,20). The number of ether oxygens (including phenoxy) is 1. The van der Waals surface area contributed by atoms with Gasteiger partial charge in [0.15, 0.2) is 0 Å². The van der Waals surface area contributed by atoms with Gasteiger partial charge in [0.1, 0.15) is 11.8 Å². The maximum atomic E-state index is 12.7. The van der Waals surface area contributed by atoms with Crippen molar-refractivity contribution in [3.8, 4) is 5.75 Å². The van der Waals surface area contributed by atoms with Crippen molar-refractivity contribution >= 4 is 11.9 Å². The predicted molar refractivity (Wildman–Crippen MR) is 76.6 cm³/mol. The minimum absolute atomic E-state index is 0.181. The Kier molecular flexibility index (Phi) is 3.82. The minimum atomic E-state index is -0.908. The van der Waals surface area contributed by atoms with Crippen molar-refractivity contribution in [3.63, 3.8) is 0 Å². The Morgan fingerprint density at radius 2 is 2.10 bits per heavy atom.